The average Bonchev–Trinajstić information content (AvgIpc) is 3.05. The standard InChI is InChI=1S/C22H22ClN5O2/c1-13(29)11-19-22-27-26-14(2)28(22)20-8-7-17(30-10-9-24)12-18(20)21(25-19)15-3-5-16(23)6-4-15/h3-8,12,19H,9-11,24H2,1-2H3/t19-/m0/s1. The van der Waals surface area contributed by atoms with Crippen LogP contribution in [0.15, 0.2) is 47.5 Å². The van der Waals surface area contributed by atoms with Gasteiger partial charge in [-0.3, -0.25) is 14.4 Å². The first-order valence-electron chi connectivity index (χ1n) is 9.70. The molecule has 2 heterocycles. The van der Waals surface area contributed by atoms with Crippen molar-refractivity contribution in [3.63, 3.8) is 0 Å². The Morgan fingerprint density at radius 2 is 1.97 bits per heavy atom. The summed E-state index contributed by atoms with van der Waals surface area (Å²) in [5.41, 5.74) is 8.97. The molecule has 1 atom stereocenters. The van der Waals surface area contributed by atoms with E-state index >= 15 is 0 Å². The highest BCUT2D eigenvalue weighted by Gasteiger charge is 2.29. The number of benzene rings is 2. The Kier molecular flexibility index (Phi) is 5.65. The summed E-state index contributed by atoms with van der Waals surface area (Å²) < 4.78 is 7.72. The molecule has 1 aromatic heterocycles. The van der Waals surface area contributed by atoms with Crippen molar-refractivity contribution < 1.29 is 9.53 Å². The lowest BCUT2D eigenvalue weighted by Gasteiger charge is -2.15. The number of aryl methyl sites for hydroxylation is 1. The number of carbonyl (C=O) groups excluding carboxylic acids is 1. The number of nitrogens with zero attached hydrogens (tertiary/aromatic N) is 4. The van der Waals surface area contributed by atoms with Gasteiger partial charge in [0.2, 0.25) is 0 Å². The van der Waals surface area contributed by atoms with Crippen LogP contribution in [0.25, 0.3) is 5.69 Å². The van der Waals surface area contributed by atoms with Crippen molar-refractivity contribution in [1.82, 2.24) is 14.8 Å². The number of hydrogen-bond acceptors (Lipinski definition) is 6. The van der Waals surface area contributed by atoms with E-state index in [0.717, 1.165) is 28.4 Å². The predicted molar refractivity (Wildman–Crippen MR) is 116 cm³/mol. The summed E-state index contributed by atoms with van der Waals surface area (Å²) in [6.45, 7) is 4.28. The van der Waals surface area contributed by atoms with Crippen LogP contribution in [0.3, 0.4) is 0 Å². The Bertz CT molecular complexity index is 1120. The van der Waals surface area contributed by atoms with E-state index in [1.807, 2.05) is 54.0 Å². The number of aliphatic imine (C=N–C) groups is 1. The molecule has 4 rings (SSSR count). The van der Waals surface area contributed by atoms with Gasteiger partial charge < -0.3 is 10.5 Å². The molecule has 154 valence electrons. The van der Waals surface area contributed by atoms with Gasteiger partial charge in [-0.1, -0.05) is 23.7 Å². The highest BCUT2D eigenvalue weighted by Crippen LogP contribution is 2.34. The molecule has 30 heavy (non-hydrogen) atoms. The number of rotatable bonds is 6. The van der Waals surface area contributed by atoms with E-state index in [-0.39, 0.29) is 12.2 Å². The zero-order valence-corrected chi connectivity index (χ0v) is 17.6. The molecule has 0 unspecified atom stereocenters. The first-order valence-corrected chi connectivity index (χ1v) is 10.1. The summed E-state index contributed by atoms with van der Waals surface area (Å²) >= 11 is 6.10. The van der Waals surface area contributed by atoms with Crippen LogP contribution in [0.5, 0.6) is 5.75 Å². The van der Waals surface area contributed by atoms with E-state index in [4.69, 9.17) is 27.1 Å². The number of carbonyl (C=O) groups is 1. The Hall–Kier alpha value is -3.03. The second-order valence-electron chi connectivity index (χ2n) is 7.16. The molecule has 0 aliphatic carbocycles. The van der Waals surface area contributed by atoms with Crippen LogP contribution in [0.1, 0.15) is 42.2 Å². The van der Waals surface area contributed by atoms with Crippen LogP contribution in [-0.4, -0.2) is 39.4 Å². The zero-order chi connectivity index (χ0) is 21.3. The maximum absolute atomic E-state index is 12.0. The van der Waals surface area contributed by atoms with Crippen molar-refractivity contribution in [1.29, 1.82) is 0 Å². The predicted octanol–water partition coefficient (Wildman–Crippen LogP) is 3.44. The highest BCUT2D eigenvalue weighted by atomic mass is 35.5. The van der Waals surface area contributed by atoms with Crippen LogP contribution in [-0.2, 0) is 4.79 Å². The number of halogens is 1. The summed E-state index contributed by atoms with van der Waals surface area (Å²) in [4.78, 5) is 17.0. The number of Topliss-reactive ketones (excluding diaryl/α,β-unsaturated/α-hetero) is 1. The number of ether oxygens (including phenoxy) is 1. The van der Waals surface area contributed by atoms with Gasteiger partial charge in [-0.05, 0) is 44.2 Å². The van der Waals surface area contributed by atoms with Crippen molar-refractivity contribution in [2.45, 2.75) is 26.3 Å². The van der Waals surface area contributed by atoms with Crippen LogP contribution >= 0.6 is 11.6 Å². The van der Waals surface area contributed by atoms with E-state index in [1.165, 1.54) is 0 Å². The van der Waals surface area contributed by atoms with E-state index in [1.54, 1.807) is 6.92 Å². The summed E-state index contributed by atoms with van der Waals surface area (Å²) in [6, 6.07) is 12.8. The largest absolute Gasteiger partial charge is 0.492 e. The SMILES string of the molecule is CC(=O)C[C@@H]1N=C(c2ccc(Cl)cc2)c2cc(OCCN)ccc2-n2c(C)nnc21. The van der Waals surface area contributed by atoms with Crippen LogP contribution in [0.2, 0.25) is 5.02 Å². The Morgan fingerprint density at radius 1 is 1.20 bits per heavy atom. The van der Waals surface area contributed by atoms with Gasteiger partial charge in [0.25, 0.3) is 0 Å². The molecule has 1 aliphatic rings. The Morgan fingerprint density at radius 3 is 2.67 bits per heavy atom. The number of ketones is 1. The monoisotopic (exact) mass is 423 g/mol. The van der Waals surface area contributed by atoms with Gasteiger partial charge in [0.15, 0.2) is 5.82 Å². The second-order valence-corrected chi connectivity index (χ2v) is 7.60. The average molecular weight is 424 g/mol. The van der Waals surface area contributed by atoms with Crippen LogP contribution in [0, 0.1) is 6.92 Å². The van der Waals surface area contributed by atoms with E-state index in [0.29, 0.717) is 29.7 Å². The van der Waals surface area contributed by atoms with Gasteiger partial charge in [0, 0.05) is 29.1 Å². The van der Waals surface area contributed by atoms with Gasteiger partial charge in [0.1, 0.15) is 30.0 Å². The van der Waals surface area contributed by atoms with E-state index in [9.17, 15) is 4.79 Å². The van der Waals surface area contributed by atoms with Gasteiger partial charge in [-0.2, -0.15) is 0 Å². The van der Waals surface area contributed by atoms with Crippen molar-refractivity contribution in [3.05, 3.63) is 70.3 Å². The fourth-order valence-corrected chi connectivity index (χ4v) is 3.71. The van der Waals surface area contributed by atoms with E-state index < -0.39 is 6.04 Å². The summed E-state index contributed by atoms with van der Waals surface area (Å²) in [7, 11) is 0. The molecule has 2 N–H and O–H groups in total. The molecule has 0 radical (unpaired) electrons. The molecule has 0 saturated heterocycles. The third-order valence-electron chi connectivity index (χ3n) is 4.88. The minimum absolute atomic E-state index is 0.0318. The van der Waals surface area contributed by atoms with Crippen molar-refractivity contribution >= 4 is 23.1 Å². The maximum atomic E-state index is 12.0. The molecular formula is C22H22ClN5O2. The minimum Gasteiger partial charge on any atom is -0.492 e. The molecule has 7 nitrogen and oxygen atoms in total. The third-order valence-corrected chi connectivity index (χ3v) is 5.13. The minimum atomic E-state index is -0.449. The Balaban J connectivity index is 1.96. The lowest BCUT2D eigenvalue weighted by molar-refractivity contribution is -0.117. The highest BCUT2D eigenvalue weighted by molar-refractivity contribution is 6.30. The number of nitrogens with two attached hydrogens (primary N) is 1. The molecule has 0 spiro atoms. The maximum Gasteiger partial charge on any atom is 0.162 e. The van der Waals surface area contributed by atoms with Crippen molar-refractivity contribution in [2.75, 3.05) is 13.2 Å². The molecule has 0 amide bonds. The molecule has 1 aliphatic heterocycles. The van der Waals surface area contributed by atoms with Crippen LogP contribution in [0.4, 0.5) is 0 Å². The summed E-state index contributed by atoms with van der Waals surface area (Å²) in [6.07, 6.45) is 0.236. The molecule has 0 saturated carbocycles. The molecule has 0 bridgehead atoms. The normalized spacial score (nSPS) is 15.1. The number of aromatic nitrogens is 3. The first-order chi connectivity index (χ1) is 14.5. The van der Waals surface area contributed by atoms with Gasteiger partial charge in [0.05, 0.1) is 11.4 Å². The number of fused-ring (bicyclic) bond motifs is 3. The Labute approximate surface area is 179 Å². The molecule has 3 aromatic rings. The quantitative estimate of drug-likeness (QED) is 0.655. The van der Waals surface area contributed by atoms with Gasteiger partial charge >= 0.3 is 0 Å². The molecular weight excluding hydrogens is 402 g/mol. The third kappa shape index (κ3) is 3.86. The fraction of sp³-hybridized carbons (Fsp3) is 0.273. The van der Waals surface area contributed by atoms with Crippen molar-refractivity contribution in [2.24, 2.45) is 10.7 Å². The number of hydrogen-bond donors (Lipinski definition) is 1. The fourth-order valence-electron chi connectivity index (χ4n) is 3.59. The smallest absolute Gasteiger partial charge is 0.162 e. The topological polar surface area (TPSA) is 95.4 Å². The van der Waals surface area contributed by atoms with Crippen molar-refractivity contribution in [3.8, 4) is 11.4 Å². The lowest BCUT2D eigenvalue weighted by atomic mass is 10.00. The zero-order valence-electron chi connectivity index (χ0n) is 16.8. The summed E-state index contributed by atoms with van der Waals surface area (Å²) in [5, 5.41) is 9.23. The molecule has 2 aromatic carbocycles. The first kappa shape index (κ1) is 20.3. The van der Waals surface area contributed by atoms with Gasteiger partial charge in [-0.25, -0.2) is 0 Å². The molecule has 8 heteroatoms. The molecule has 0 fully saturated rings. The van der Waals surface area contributed by atoms with E-state index in [2.05, 4.69) is 10.2 Å². The summed E-state index contributed by atoms with van der Waals surface area (Å²) in [5.74, 6) is 2.09. The second kappa shape index (κ2) is 8.38. The lowest BCUT2D eigenvalue weighted by Crippen LogP contribution is -2.12. The van der Waals surface area contributed by atoms with Crippen LogP contribution < -0.4 is 10.5 Å². The van der Waals surface area contributed by atoms with Gasteiger partial charge in [-0.15, -0.1) is 10.2 Å².